The Bertz CT molecular complexity index is 582. The number of para-hydroxylation sites is 1. The summed E-state index contributed by atoms with van der Waals surface area (Å²) in [5, 5.41) is 1.17. The second kappa shape index (κ2) is 4.34. The van der Waals surface area contributed by atoms with E-state index < -0.39 is 0 Å². The van der Waals surface area contributed by atoms with Gasteiger partial charge in [-0.1, -0.05) is 18.2 Å². The summed E-state index contributed by atoms with van der Waals surface area (Å²) in [5.74, 6) is 0. The van der Waals surface area contributed by atoms with Crippen LogP contribution in [0.1, 0.15) is 18.4 Å². The van der Waals surface area contributed by atoms with Gasteiger partial charge in [-0.3, -0.25) is 9.69 Å². The molecule has 0 saturated carbocycles. The van der Waals surface area contributed by atoms with E-state index in [1.807, 2.05) is 18.2 Å². The summed E-state index contributed by atoms with van der Waals surface area (Å²) in [6.07, 6.45) is 2.56. The molecule has 2 heterocycles. The molecule has 0 spiro atoms. The van der Waals surface area contributed by atoms with Gasteiger partial charge in [-0.25, -0.2) is 0 Å². The second-order valence-corrected chi connectivity index (χ2v) is 4.69. The van der Waals surface area contributed by atoms with Crippen molar-refractivity contribution in [3.8, 4) is 0 Å². The van der Waals surface area contributed by atoms with Crippen molar-refractivity contribution in [3.63, 3.8) is 0 Å². The highest BCUT2D eigenvalue weighted by Crippen LogP contribution is 2.18. The standard InChI is InChI=1S/C14H16N2O/c17-14-9-11(10-16-7-3-4-8-16)12-5-1-2-6-13(12)15-14/h1-2,5-6,9H,3-4,7-8,10H2,(H,15,17). The molecule has 0 aliphatic carbocycles. The number of hydrogen-bond acceptors (Lipinski definition) is 2. The van der Waals surface area contributed by atoms with Crippen LogP contribution in [0.2, 0.25) is 0 Å². The quantitative estimate of drug-likeness (QED) is 0.854. The van der Waals surface area contributed by atoms with Crippen LogP contribution < -0.4 is 5.56 Å². The molecular formula is C14H16N2O. The van der Waals surface area contributed by atoms with Crippen LogP contribution in [0.3, 0.4) is 0 Å². The van der Waals surface area contributed by atoms with Crippen molar-refractivity contribution >= 4 is 10.9 Å². The zero-order chi connectivity index (χ0) is 11.7. The Morgan fingerprint density at radius 3 is 2.76 bits per heavy atom. The molecule has 3 heteroatoms. The summed E-state index contributed by atoms with van der Waals surface area (Å²) in [4.78, 5) is 16.9. The third kappa shape index (κ3) is 2.11. The van der Waals surface area contributed by atoms with Crippen LogP contribution in [0, 0.1) is 0 Å². The number of likely N-dealkylation sites (tertiary alicyclic amines) is 1. The molecule has 1 N–H and O–H groups in total. The van der Waals surface area contributed by atoms with Crippen LogP contribution in [0.25, 0.3) is 10.9 Å². The number of benzene rings is 1. The first-order chi connectivity index (χ1) is 8.33. The number of H-pyrrole nitrogens is 1. The van der Waals surface area contributed by atoms with E-state index in [0.29, 0.717) is 0 Å². The molecule has 1 aromatic carbocycles. The summed E-state index contributed by atoms with van der Waals surface area (Å²) in [5.41, 5.74) is 2.08. The molecule has 17 heavy (non-hydrogen) atoms. The molecule has 1 fully saturated rings. The Hall–Kier alpha value is -1.61. The van der Waals surface area contributed by atoms with Gasteiger partial charge in [0.2, 0.25) is 5.56 Å². The maximum absolute atomic E-state index is 11.6. The normalized spacial score (nSPS) is 16.7. The minimum Gasteiger partial charge on any atom is -0.322 e. The van der Waals surface area contributed by atoms with E-state index in [-0.39, 0.29) is 5.56 Å². The molecule has 0 radical (unpaired) electrons. The van der Waals surface area contributed by atoms with E-state index in [9.17, 15) is 4.79 Å². The zero-order valence-electron chi connectivity index (χ0n) is 9.78. The highest BCUT2D eigenvalue weighted by atomic mass is 16.1. The largest absolute Gasteiger partial charge is 0.322 e. The Labute approximate surface area is 100 Å². The van der Waals surface area contributed by atoms with Crippen molar-refractivity contribution in [1.29, 1.82) is 0 Å². The van der Waals surface area contributed by atoms with Crippen LogP contribution in [0.15, 0.2) is 35.1 Å². The summed E-state index contributed by atoms with van der Waals surface area (Å²) in [6.45, 7) is 3.20. The second-order valence-electron chi connectivity index (χ2n) is 4.69. The average Bonchev–Trinajstić information content (AvgIpc) is 2.81. The van der Waals surface area contributed by atoms with Crippen molar-refractivity contribution < 1.29 is 0 Å². The SMILES string of the molecule is O=c1cc(CN2CCCC2)c2ccccc2[nH]1. The lowest BCUT2D eigenvalue weighted by Crippen LogP contribution is -2.20. The van der Waals surface area contributed by atoms with Crippen molar-refractivity contribution in [2.24, 2.45) is 0 Å². The number of aromatic amines is 1. The maximum atomic E-state index is 11.6. The number of rotatable bonds is 2. The zero-order valence-corrected chi connectivity index (χ0v) is 9.78. The summed E-state index contributed by atoms with van der Waals surface area (Å²) in [7, 11) is 0. The highest BCUT2D eigenvalue weighted by Gasteiger charge is 2.13. The Kier molecular flexibility index (Phi) is 2.69. The molecule has 1 aliphatic rings. The molecule has 2 aromatic rings. The lowest BCUT2D eigenvalue weighted by molar-refractivity contribution is 0.332. The molecule has 3 nitrogen and oxygen atoms in total. The van der Waals surface area contributed by atoms with E-state index in [1.54, 1.807) is 6.07 Å². The molecule has 1 aliphatic heterocycles. The van der Waals surface area contributed by atoms with Gasteiger partial charge in [-0.15, -0.1) is 0 Å². The first-order valence-corrected chi connectivity index (χ1v) is 6.16. The number of aromatic nitrogens is 1. The van der Waals surface area contributed by atoms with Gasteiger partial charge < -0.3 is 4.98 Å². The van der Waals surface area contributed by atoms with E-state index in [0.717, 1.165) is 30.7 Å². The van der Waals surface area contributed by atoms with Gasteiger partial charge in [-0.2, -0.15) is 0 Å². The van der Waals surface area contributed by atoms with Crippen LogP contribution in [0.4, 0.5) is 0 Å². The van der Waals surface area contributed by atoms with Gasteiger partial charge >= 0.3 is 0 Å². The molecule has 3 rings (SSSR count). The predicted octanol–water partition coefficient (Wildman–Crippen LogP) is 2.12. The third-order valence-corrected chi connectivity index (χ3v) is 3.43. The molecule has 1 aromatic heterocycles. The van der Waals surface area contributed by atoms with Crippen molar-refractivity contribution in [2.75, 3.05) is 13.1 Å². The van der Waals surface area contributed by atoms with E-state index in [2.05, 4.69) is 16.0 Å². The predicted molar refractivity (Wildman–Crippen MR) is 69.1 cm³/mol. The maximum Gasteiger partial charge on any atom is 0.248 e. The van der Waals surface area contributed by atoms with E-state index in [4.69, 9.17) is 0 Å². The first kappa shape index (κ1) is 10.5. The number of pyridine rings is 1. The van der Waals surface area contributed by atoms with Gasteiger partial charge in [0.05, 0.1) is 0 Å². The van der Waals surface area contributed by atoms with Gasteiger partial charge in [-0.05, 0) is 37.6 Å². The monoisotopic (exact) mass is 228 g/mol. The Morgan fingerprint density at radius 2 is 1.94 bits per heavy atom. The summed E-state index contributed by atoms with van der Waals surface area (Å²) >= 11 is 0. The van der Waals surface area contributed by atoms with Crippen molar-refractivity contribution in [1.82, 2.24) is 9.88 Å². The molecule has 88 valence electrons. The fourth-order valence-corrected chi connectivity index (χ4v) is 2.59. The minimum absolute atomic E-state index is 0.00195. The number of fused-ring (bicyclic) bond motifs is 1. The Morgan fingerprint density at radius 1 is 1.18 bits per heavy atom. The van der Waals surface area contributed by atoms with Crippen LogP contribution in [0.5, 0.6) is 0 Å². The van der Waals surface area contributed by atoms with Gasteiger partial charge in [0.15, 0.2) is 0 Å². The smallest absolute Gasteiger partial charge is 0.248 e. The average molecular weight is 228 g/mol. The van der Waals surface area contributed by atoms with Gasteiger partial charge in [0.25, 0.3) is 0 Å². The molecule has 0 unspecified atom stereocenters. The van der Waals surface area contributed by atoms with Crippen LogP contribution in [-0.4, -0.2) is 23.0 Å². The molecule has 0 bridgehead atoms. The lowest BCUT2D eigenvalue weighted by atomic mass is 10.1. The highest BCUT2D eigenvalue weighted by molar-refractivity contribution is 5.81. The third-order valence-electron chi connectivity index (χ3n) is 3.43. The van der Waals surface area contributed by atoms with E-state index >= 15 is 0 Å². The summed E-state index contributed by atoms with van der Waals surface area (Å²) < 4.78 is 0. The fraction of sp³-hybridized carbons (Fsp3) is 0.357. The topological polar surface area (TPSA) is 36.1 Å². The number of hydrogen-bond donors (Lipinski definition) is 1. The number of nitrogens with zero attached hydrogens (tertiary/aromatic N) is 1. The molecule has 1 saturated heterocycles. The minimum atomic E-state index is -0.00195. The van der Waals surface area contributed by atoms with Crippen molar-refractivity contribution in [3.05, 3.63) is 46.2 Å². The molecule has 0 amide bonds. The van der Waals surface area contributed by atoms with Crippen LogP contribution >= 0.6 is 0 Å². The number of nitrogens with one attached hydrogen (secondary N) is 1. The molecular weight excluding hydrogens is 212 g/mol. The molecule has 0 atom stereocenters. The summed E-state index contributed by atoms with van der Waals surface area (Å²) in [6, 6.07) is 9.76. The van der Waals surface area contributed by atoms with E-state index in [1.165, 1.54) is 18.2 Å². The first-order valence-electron chi connectivity index (χ1n) is 6.16. The fourth-order valence-electron chi connectivity index (χ4n) is 2.59. The Balaban J connectivity index is 2.04. The van der Waals surface area contributed by atoms with Gasteiger partial charge in [0.1, 0.15) is 0 Å². The lowest BCUT2D eigenvalue weighted by Gasteiger charge is -2.15. The van der Waals surface area contributed by atoms with Gasteiger partial charge in [0, 0.05) is 23.5 Å². The van der Waals surface area contributed by atoms with Crippen LogP contribution in [-0.2, 0) is 6.54 Å². The van der Waals surface area contributed by atoms with Crippen molar-refractivity contribution in [2.45, 2.75) is 19.4 Å².